The molecule has 1 fully saturated rings. The number of carbonyl (C=O) groups excluding carboxylic acids is 1. The maximum atomic E-state index is 13.4. The number of halogens is 2. The second-order valence-electron chi connectivity index (χ2n) is 7.22. The lowest BCUT2D eigenvalue weighted by Crippen LogP contribution is -2.34. The Morgan fingerprint density at radius 3 is 2.52 bits per heavy atom. The maximum Gasteiger partial charge on any atom is 0.262 e. The van der Waals surface area contributed by atoms with Gasteiger partial charge in [0.1, 0.15) is 22.4 Å². The first kappa shape index (κ1) is 22.6. The average Bonchev–Trinajstić information content (AvgIpc) is 2.74. The molecule has 0 spiro atoms. The van der Waals surface area contributed by atoms with Crippen LogP contribution in [0.2, 0.25) is 0 Å². The number of carbonyl (C=O) groups is 1. The second-order valence-corrected chi connectivity index (χ2v) is 7.63. The van der Waals surface area contributed by atoms with Gasteiger partial charge >= 0.3 is 0 Å². The number of amides is 1. The van der Waals surface area contributed by atoms with E-state index in [0.29, 0.717) is 31.2 Å². The Kier molecular flexibility index (Phi) is 7.49. The third kappa shape index (κ3) is 6.19. The van der Waals surface area contributed by atoms with E-state index in [2.05, 4.69) is 5.32 Å². The number of rotatable bonds is 6. The van der Waals surface area contributed by atoms with Crippen LogP contribution in [-0.2, 0) is 11.3 Å². The number of hydrogen-bond acceptors (Lipinski definition) is 5. The second kappa shape index (κ2) is 10.3. The van der Waals surface area contributed by atoms with E-state index < -0.39 is 17.2 Å². The van der Waals surface area contributed by atoms with E-state index in [0.717, 1.165) is 25.0 Å². The molecular formula is C22H22ClFN4O3. The molecule has 3 rings (SSSR count). The van der Waals surface area contributed by atoms with Crippen LogP contribution >= 0.6 is 11.6 Å². The minimum absolute atomic E-state index is 0.131. The van der Waals surface area contributed by atoms with Gasteiger partial charge < -0.3 is 14.6 Å². The van der Waals surface area contributed by atoms with Crippen molar-refractivity contribution in [1.82, 2.24) is 9.88 Å². The fourth-order valence-corrected chi connectivity index (χ4v) is 3.41. The van der Waals surface area contributed by atoms with Crippen molar-refractivity contribution in [1.29, 1.82) is 10.8 Å². The van der Waals surface area contributed by atoms with Gasteiger partial charge in [-0.2, -0.15) is 0 Å². The first-order valence-corrected chi connectivity index (χ1v) is 10.1. The highest BCUT2D eigenvalue weighted by Crippen LogP contribution is 2.20. The van der Waals surface area contributed by atoms with Gasteiger partial charge in [0.05, 0.1) is 0 Å². The highest BCUT2D eigenvalue weighted by molar-refractivity contribution is 6.67. The van der Waals surface area contributed by atoms with Gasteiger partial charge in [-0.25, -0.2) is 4.39 Å². The van der Waals surface area contributed by atoms with Gasteiger partial charge in [0.25, 0.3) is 5.91 Å². The molecule has 1 aromatic carbocycles. The Morgan fingerprint density at radius 1 is 1.19 bits per heavy atom. The van der Waals surface area contributed by atoms with E-state index in [1.165, 1.54) is 30.5 Å². The summed E-state index contributed by atoms with van der Waals surface area (Å²) in [7, 11) is 0. The number of pyridine rings is 1. The summed E-state index contributed by atoms with van der Waals surface area (Å²) < 4.78 is 20.5. The molecule has 1 aromatic heterocycles. The molecule has 0 unspecified atom stereocenters. The highest BCUT2D eigenvalue weighted by atomic mass is 35.5. The fraction of sp³-hybridized carbons (Fsp3) is 0.273. The predicted octanol–water partition coefficient (Wildman–Crippen LogP) is 3.56. The first-order valence-electron chi connectivity index (χ1n) is 9.73. The van der Waals surface area contributed by atoms with Gasteiger partial charge in [-0.3, -0.25) is 20.4 Å². The number of aromatic nitrogens is 1. The molecule has 1 aliphatic rings. The Balaban J connectivity index is 1.96. The summed E-state index contributed by atoms with van der Waals surface area (Å²) in [5, 5.41) is 17.0. The molecule has 1 amide bonds. The monoisotopic (exact) mass is 444 g/mol. The van der Waals surface area contributed by atoms with Crippen LogP contribution in [0.5, 0.6) is 0 Å². The zero-order valence-electron chi connectivity index (χ0n) is 16.7. The third-order valence-corrected chi connectivity index (χ3v) is 5.06. The molecule has 7 nitrogen and oxygen atoms in total. The van der Waals surface area contributed by atoms with Crippen LogP contribution in [0.15, 0.2) is 53.6 Å². The van der Waals surface area contributed by atoms with E-state index in [1.807, 2.05) is 0 Å². The lowest BCUT2D eigenvalue weighted by atomic mass is 9.99. The minimum atomic E-state index is -0.745. The van der Waals surface area contributed by atoms with E-state index in [-0.39, 0.29) is 22.1 Å². The van der Waals surface area contributed by atoms with Crippen LogP contribution in [-0.4, -0.2) is 34.7 Å². The summed E-state index contributed by atoms with van der Waals surface area (Å²) in [6.07, 6.45) is 7.18. The van der Waals surface area contributed by atoms with E-state index >= 15 is 0 Å². The molecule has 0 saturated carbocycles. The molecule has 1 aliphatic heterocycles. The summed E-state index contributed by atoms with van der Waals surface area (Å²) in [6, 6.07) is 5.49. The van der Waals surface area contributed by atoms with Crippen LogP contribution in [0.3, 0.4) is 0 Å². The van der Waals surface area contributed by atoms with Crippen molar-refractivity contribution in [3.63, 3.8) is 0 Å². The van der Waals surface area contributed by atoms with Crippen LogP contribution < -0.4 is 10.7 Å². The first-order chi connectivity index (χ1) is 14.8. The topological polar surface area (TPSA) is 108 Å². The smallest absolute Gasteiger partial charge is 0.262 e. The zero-order valence-corrected chi connectivity index (χ0v) is 17.4. The van der Waals surface area contributed by atoms with Crippen molar-refractivity contribution in [2.75, 3.05) is 13.2 Å². The number of benzene rings is 1. The summed E-state index contributed by atoms with van der Waals surface area (Å²) in [5.74, 6) is -1.14. The van der Waals surface area contributed by atoms with Gasteiger partial charge in [0.15, 0.2) is 0 Å². The van der Waals surface area contributed by atoms with E-state index in [1.54, 1.807) is 10.8 Å². The summed E-state index contributed by atoms with van der Waals surface area (Å²) in [6.45, 7) is 1.93. The molecular weight excluding hydrogens is 423 g/mol. The van der Waals surface area contributed by atoms with Crippen molar-refractivity contribution >= 4 is 28.5 Å². The summed E-state index contributed by atoms with van der Waals surface area (Å²) in [4.78, 5) is 25.8. The Bertz CT molecular complexity index is 1070. The van der Waals surface area contributed by atoms with Gasteiger partial charge in [-0.15, -0.1) is 0 Å². The Morgan fingerprint density at radius 2 is 1.87 bits per heavy atom. The average molecular weight is 445 g/mol. The van der Waals surface area contributed by atoms with E-state index in [9.17, 15) is 14.0 Å². The number of ether oxygens (including phenoxy) is 1. The number of hydrogen-bond donors (Lipinski definition) is 3. The van der Waals surface area contributed by atoms with Crippen molar-refractivity contribution in [3.8, 4) is 11.1 Å². The molecule has 0 atom stereocenters. The molecule has 1 saturated heterocycles. The lowest BCUT2D eigenvalue weighted by molar-refractivity contribution is 0.0612. The molecule has 2 heterocycles. The number of amidine groups is 1. The Labute approximate surface area is 183 Å². The molecule has 9 heteroatoms. The molecule has 162 valence electrons. The normalized spacial score (nSPS) is 14.5. The SMILES string of the molecule is N=C(Cl)/C=C\C(=N)NC(=O)c1cn(CC2CCOCC2)cc(-c2ccc(F)cc2)c1=O. The molecule has 31 heavy (non-hydrogen) atoms. The van der Waals surface area contributed by atoms with Gasteiger partial charge in [-0.1, -0.05) is 23.7 Å². The standard InChI is InChI=1S/C22H22ClFN4O3/c23-19(25)5-6-20(26)27-22(30)18-13-28(11-14-7-9-31-10-8-14)12-17(21(18)29)15-1-3-16(24)4-2-15/h1-6,12-14,25H,7-11H2,(H2,26,27,30)/b6-5-,25-19?. The Hall–Kier alpha value is -3.10. The molecule has 2 aromatic rings. The van der Waals surface area contributed by atoms with Crippen molar-refractivity contribution in [3.05, 3.63) is 70.4 Å². The molecule has 0 radical (unpaired) electrons. The van der Waals surface area contributed by atoms with Gasteiger partial charge in [0.2, 0.25) is 5.43 Å². The lowest BCUT2D eigenvalue weighted by Gasteiger charge is -2.23. The summed E-state index contributed by atoms with van der Waals surface area (Å²) in [5.41, 5.74) is 0.110. The highest BCUT2D eigenvalue weighted by Gasteiger charge is 2.19. The van der Waals surface area contributed by atoms with Crippen molar-refractivity contribution < 1.29 is 13.9 Å². The predicted molar refractivity (Wildman–Crippen MR) is 118 cm³/mol. The molecule has 0 bridgehead atoms. The number of nitrogens with zero attached hydrogens (tertiary/aromatic N) is 1. The molecule has 0 aliphatic carbocycles. The quantitative estimate of drug-likeness (QED) is 0.468. The fourth-order valence-electron chi connectivity index (χ4n) is 3.35. The minimum Gasteiger partial charge on any atom is -0.381 e. The van der Waals surface area contributed by atoms with Crippen molar-refractivity contribution in [2.24, 2.45) is 5.92 Å². The molecule has 3 N–H and O–H groups in total. The maximum absolute atomic E-state index is 13.4. The van der Waals surface area contributed by atoms with Crippen LogP contribution in [0.1, 0.15) is 23.2 Å². The number of allylic oxidation sites excluding steroid dienone is 1. The number of nitrogens with one attached hydrogen (secondary N) is 3. The van der Waals surface area contributed by atoms with Gasteiger partial charge in [-0.05, 0) is 48.6 Å². The summed E-state index contributed by atoms with van der Waals surface area (Å²) >= 11 is 5.41. The zero-order chi connectivity index (χ0) is 22.4. The largest absolute Gasteiger partial charge is 0.381 e. The van der Waals surface area contributed by atoms with Crippen LogP contribution in [0, 0.1) is 22.6 Å². The van der Waals surface area contributed by atoms with Crippen LogP contribution in [0.4, 0.5) is 4.39 Å². The third-order valence-electron chi connectivity index (χ3n) is 4.93. The van der Waals surface area contributed by atoms with Crippen LogP contribution in [0.25, 0.3) is 11.1 Å². The van der Waals surface area contributed by atoms with Crippen molar-refractivity contribution in [2.45, 2.75) is 19.4 Å². The van der Waals surface area contributed by atoms with Gasteiger partial charge in [0, 0.05) is 37.7 Å². The van der Waals surface area contributed by atoms with E-state index in [4.69, 9.17) is 27.2 Å².